The molecule has 2 aromatic rings. The summed E-state index contributed by atoms with van der Waals surface area (Å²) in [6, 6.07) is 6.56. The zero-order chi connectivity index (χ0) is 29.4. The van der Waals surface area contributed by atoms with E-state index in [1.54, 1.807) is 38.1 Å². The van der Waals surface area contributed by atoms with Crippen LogP contribution in [0.25, 0.3) is 0 Å². The number of benzene rings is 2. The molecule has 2 atom stereocenters. The standard InChI is InChI=1S/C25H28IN5O9/c1-5-39-19-10-15(22-21(24(33)38-4)13(2)28-25(34)29-22)6-7-18(19)40-12-20(32)30-27-11-14-8-16(26)23(37-3)17(9-14)31(35)36/h6-11,20,22,30,32H,5,12H2,1-4H3,(H2,28,29,34)/b27-11-/t20-,22-/m0/s1. The molecular formula is C25H28IN5O9. The Hall–Kier alpha value is -4.12. The lowest BCUT2D eigenvalue weighted by Crippen LogP contribution is -2.45. The lowest BCUT2D eigenvalue weighted by atomic mass is 9.95. The average molecular weight is 669 g/mol. The number of nitrogens with one attached hydrogen (secondary N) is 3. The summed E-state index contributed by atoms with van der Waals surface area (Å²) in [4.78, 5) is 35.2. The molecule has 4 N–H and O–H groups in total. The first-order valence-electron chi connectivity index (χ1n) is 11.8. The number of halogens is 1. The van der Waals surface area contributed by atoms with Crippen molar-refractivity contribution in [1.29, 1.82) is 0 Å². The molecule has 214 valence electrons. The van der Waals surface area contributed by atoms with Crippen molar-refractivity contribution in [2.24, 2.45) is 5.10 Å². The number of carbonyl (C=O) groups excluding carboxylic acids is 2. The Morgan fingerprint density at radius 3 is 2.67 bits per heavy atom. The topological polar surface area (TPSA) is 183 Å². The van der Waals surface area contributed by atoms with Crippen LogP contribution in [0.5, 0.6) is 17.2 Å². The highest BCUT2D eigenvalue weighted by Crippen LogP contribution is 2.35. The third-order valence-electron chi connectivity index (χ3n) is 5.56. The van der Waals surface area contributed by atoms with Gasteiger partial charge in [0.05, 0.1) is 47.1 Å². The average Bonchev–Trinajstić information content (AvgIpc) is 2.91. The van der Waals surface area contributed by atoms with Gasteiger partial charge in [-0.05, 0) is 60.2 Å². The molecule has 1 heterocycles. The SMILES string of the molecule is CCOc1cc([C@@H]2NC(=O)NC(C)=C2C(=O)OC)ccc1OC[C@H](O)N/N=C\c1cc(I)c(OC)c([N+](=O)[O-])c1. The molecule has 40 heavy (non-hydrogen) atoms. The minimum absolute atomic E-state index is 0.149. The molecule has 3 rings (SSSR count). The van der Waals surface area contributed by atoms with Crippen molar-refractivity contribution in [3.05, 3.63) is 66.4 Å². The second-order valence-corrected chi connectivity index (χ2v) is 9.39. The second kappa shape index (κ2) is 13.8. The maximum absolute atomic E-state index is 12.4. The highest BCUT2D eigenvalue weighted by molar-refractivity contribution is 14.1. The van der Waals surface area contributed by atoms with Crippen LogP contribution in [-0.4, -0.2) is 61.9 Å². The van der Waals surface area contributed by atoms with Crippen molar-refractivity contribution in [2.75, 3.05) is 27.4 Å². The summed E-state index contributed by atoms with van der Waals surface area (Å²) in [6.45, 7) is 3.46. The van der Waals surface area contributed by atoms with Crippen molar-refractivity contribution >= 4 is 46.5 Å². The number of carbonyl (C=O) groups is 2. The van der Waals surface area contributed by atoms with E-state index in [9.17, 15) is 24.8 Å². The number of hydrogen-bond acceptors (Lipinski definition) is 11. The van der Waals surface area contributed by atoms with Crippen molar-refractivity contribution in [1.82, 2.24) is 16.1 Å². The smallest absolute Gasteiger partial charge is 0.337 e. The van der Waals surface area contributed by atoms with Crippen molar-refractivity contribution in [3.63, 3.8) is 0 Å². The minimum atomic E-state index is -1.24. The quantitative estimate of drug-likeness (QED) is 0.0655. The van der Waals surface area contributed by atoms with Crippen molar-refractivity contribution in [2.45, 2.75) is 26.1 Å². The third kappa shape index (κ3) is 7.29. The summed E-state index contributed by atoms with van der Waals surface area (Å²) in [5.74, 6) is 0.180. The van der Waals surface area contributed by atoms with Crippen molar-refractivity contribution in [3.8, 4) is 17.2 Å². The Labute approximate surface area is 243 Å². The summed E-state index contributed by atoms with van der Waals surface area (Å²) in [7, 11) is 2.60. The van der Waals surface area contributed by atoms with Crippen LogP contribution in [0.2, 0.25) is 0 Å². The van der Waals surface area contributed by atoms with Crippen molar-refractivity contribution < 1.29 is 38.6 Å². The highest BCUT2D eigenvalue weighted by Gasteiger charge is 2.32. The predicted molar refractivity (Wildman–Crippen MR) is 151 cm³/mol. The van der Waals surface area contributed by atoms with Gasteiger partial charge in [-0.2, -0.15) is 5.10 Å². The van der Waals surface area contributed by atoms with E-state index in [-0.39, 0.29) is 23.6 Å². The van der Waals surface area contributed by atoms with Gasteiger partial charge in [-0.1, -0.05) is 6.07 Å². The second-order valence-electron chi connectivity index (χ2n) is 8.23. The number of hydrazone groups is 1. The molecule has 2 aromatic carbocycles. The Kier molecular flexibility index (Phi) is 10.5. The van der Waals surface area contributed by atoms with Gasteiger partial charge >= 0.3 is 17.7 Å². The van der Waals surface area contributed by atoms with E-state index >= 15 is 0 Å². The van der Waals surface area contributed by atoms with E-state index in [2.05, 4.69) is 21.2 Å². The zero-order valence-electron chi connectivity index (χ0n) is 22.0. The fourth-order valence-corrected chi connectivity index (χ4v) is 4.69. The first kappa shape index (κ1) is 30.4. The Morgan fingerprint density at radius 2 is 2.02 bits per heavy atom. The summed E-state index contributed by atoms with van der Waals surface area (Å²) in [5, 5.41) is 30.8. The lowest BCUT2D eigenvalue weighted by Gasteiger charge is -2.28. The van der Waals surface area contributed by atoms with E-state index in [1.807, 2.05) is 22.6 Å². The molecule has 15 heteroatoms. The summed E-state index contributed by atoms with van der Waals surface area (Å²) in [5.41, 5.74) is 3.87. The van der Waals surface area contributed by atoms with E-state index in [1.165, 1.54) is 26.5 Å². The molecule has 0 aromatic heterocycles. The van der Waals surface area contributed by atoms with Crippen LogP contribution < -0.4 is 30.3 Å². The number of nitro benzene ring substituents is 1. The third-order valence-corrected chi connectivity index (χ3v) is 6.36. The molecule has 0 radical (unpaired) electrons. The van der Waals surface area contributed by atoms with E-state index in [4.69, 9.17) is 18.9 Å². The van der Waals surface area contributed by atoms with Gasteiger partial charge in [0.15, 0.2) is 17.7 Å². The minimum Gasteiger partial charge on any atom is -0.490 e. The molecule has 0 bridgehead atoms. The van der Waals surface area contributed by atoms with Gasteiger partial charge in [0.25, 0.3) is 0 Å². The molecule has 14 nitrogen and oxygen atoms in total. The van der Waals surface area contributed by atoms with Crippen LogP contribution in [0.4, 0.5) is 10.5 Å². The number of rotatable bonds is 12. The summed E-state index contributed by atoms with van der Waals surface area (Å²) in [6.07, 6.45) is 0.0814. The normalized spacial score (nSPS) is 15.7. The molecule has 0 spiro atoms. The lowest BCUT2D eigenvalue weighted by molar-refractivity contribution is -0.385. The fraction of sp³-hybridized carbons (Fsp3) is 0.320. The molecule has 0 aliphatic carbocycles. The van der Waals surface area contributed by atoms with Crippen LogP contribution in [0.1, 0.15) is 31.0 Å². The van der Waals surface area contributed by atoms with Gasteiger partial charge in [-0.15, -0.1) is 0 Å². The van der Waals surface area contributed by atoms with Gasteiger partial charge in [-0.3, -0.25) is 15.5 Å². The number of aliphatic hydroxyl groups is 1. The number of aliphatic hydroxyl groups excluding tert-OH is 1. The van der Waals surface area contributed by atoms with Gasteiger partial charge in [0.1, 0.15) is 6.61 Å². The highest BCUT2D eigenvalue weighted by atomic mass is 127. The summed E-state index contributed by atoms with van der Waals surface area (Å²) >= 11 is 1.92. The largest absolute Gasteiger partial charge is 0.490 e. The van der Waals surface area contributed by atoms with Crippen LogP contribution in [0, 0.1) is 13.7 Å². The Morgan fingerprint density at radius 1 is 1.27 bits per heavy atom. The van der Waals surface area contributed by atoms with Crippen LogP contribution >= 0.6 is 22.6 Å². The number of urea groups is 1. The number of ether oxygens (including phenoxy) is 4. The van der Waals surface area contributed by atoms with Crippen LogP contribution in [0.3, 0.4) is 0 Å². The number of nitro groups is 1. The van der Waals surface area contributed by atoms with Gasteiger partial charge in [0, 0.05) is 17.3 Å². The first-order valence-corrected chi connectivity index (χ1v) is 12.9. The van der Waals surface area contributed by atoms with Crippen LogP contribution in [-0.2, 0) is 9.53 Å². The molecule has 1 aliphatic rings. The monoisotopic (exact) mass is 669 g/mol. The molecular weight excluding hydrogens is 641 g/mol. The Bertz CT molecular complexity index is 1350. The Balaban J connectivity index is 1.71. The van der Waals surface area contributed by atoms with Crippen LogP contribution in [0.15, 0.2) is 46.7 Å². The maximum atomic E-state index is 12.4. The summed E-state index contributed by atoms with van der Waals surface area (Å²) < 4.78 is 21.9. The maximum Gasteiger partial charge on any atom is 0.337 e. The number of amides is 2. The number of methoxy groups -OCH3 is 2. The van der Waals surface area contributed by atoms with E-state index in [0.29, 0.717) is 38.5 Å². The van der Waals surface area contributed by atoms with Gasteiger partial charge in [-0.25, -0.2) is 9.59 Å². The van der Waals surface area contributed by atoms with Gasteiger partial charge < -0.3 is 34.7 Å². The molecule has 0 fully saturated rings. The molecule has 0 saturated carbocycles. The molecule has 0 saturated heterocycles. The zero-order valence-corrected chi connectivity index (χ0v) is 24.2. The molecule has 0 unspecified atom stereocenters. The van der Waals surface area contributed by atoms with Gasteiger partial charge in [0.2, 0.25) is 5.75 Å². The number of allylic oxidation sites excluding steroid dienone is 1. The molecule has 2 amide bonds. The molecule has 1 aliphatic heterocycles. The van der Waals surface area contributed by atoms with E-state index in [0.717, 1.165) is 0 Å². The number of esters is 1. The first-order chi connectivity index (χ1) is 19.1. The number of hydrogen-bond donors (Lipinski definition) is 4. The fourth-order valence-electron chi connectivity index (χ4n) is 3.83. The number of nitrogens with zero attached hydrogens (tertiary/aromatic N) is 2. The van der Waals surface area contributed by atoms with E-state index < -0.39 is 29.2 Å². The predicted octanol–water partition coefficient (Wildman–Crippen LogP) is 2.73.